The first-order valence-electron chi connectivity index (χ1n) is 8.16. The van der Waals surface area contributed by atoms with Gasteiger partial charge in [0.25, 0.3) is 0 Å². The van der Waals surface area contributed by atoms with Crippen LogP contribution in [0, 0.1) is 5.92 Å². The topological polar surface area (TPSA) is 68.9 Å². The van der Waals surface area contributed by atoms with Gasteiger partial charge in [0, 0.05) is 17.3 Å². The van der Waals surface area contributed by atoms with Crippen molar-refractivity contribution in [1.82, 2.24) is 0 Å². The number of guanidine groups is 1. The Balaban J connectivity index is 1.61. The molecule has 3 N–H and O–H groups in total. The summed E-state index contributed by atoms with van der Waals surface area (Å²) in [6.07, 6.45) is 2.55. The molecule has 0 atom stereocenters. The molecule has 0 spiro atoms. The Bertz CT molecular complexity index is 711. The second kappa shape index (κ2) is 7.73. The fourth-order valence-corrected chi connectivity index (χ4v) is 2.33. The molecule has 0 radical (unpaired) electrons. The van der Waals surface area contributed by atoms with E-state index in [1.54, 1.807) is 7.11 Å². The lowest BCUT2D eigenvalue weighted by Crippen LogP contribution is -2.22. The monoisotopic (exact) mass is 325 g/mol. The molecule has 2 aromatic rings. The molecule has 1 aliphatic rings. The summed E-state index contributed by atoms with van der Waals surface area (Å²) in [5.74, 6) is 2.75. The fraction of sp³-hybridized carbons (Fsp3) is 0.316. The Labute approximate surface area is 142 Å². The molecule has 1 saturated carbocycles. The Kier molecular flexibility index (Phi) is 5.21. The first-order valence-corrected chi connectivity index (χ1v) is 8.16. The number of nitrogens with two attached hydrogens (primary N) is 1. The fourth-order valence-electron chi connectivity index (χ4n) is 2.33. The summed E-state index contributed by atoms with van der Waals surface area (Å²) in [6.45, 7) is 1.27. The number of methoxy groups -OCH3 is 1. The molecule has 0 unspecified atom stereocenters. The Morgan fingerprint density at radius 3 is 2.83 bits per heavy atom. The number of hydrogen-bond acceptors (Lipinski definition) is 3. The van der Waals surface area contributed by atoms with Crippen LogP contribution in [0.3, 0.4) is 0 Å². The van der Waals surface area contributed by atoms with Gasteiger partial charge >= 0.3 is 0 Å². The lowest BCUT2D eigenvalue weighted by Gasteiger charge is -2.10. The Morgan fingerprint density at radius 1 is 1.21 bits per heavy atom. The molecule has 0 amide bonds. The number of nitrogens with one attached hydrogen (secondary N) is 1. The first-order chi connectivity index (χ1) is 11.7. The van der Waals surface area contributed by atoms with E-state index in [9.17, 15) is 0 Å². The zero-order chi connectivity index (χ0) is 16.8. The van der Waals surface area contributed by atoms with Crippen LogP contribution in [0.4, 0.5) is 5.69 Å². The SMILES string of the molecule is COc1cccc(NC(N)=NCc2ccccc2OCC2CC2)c1. The maximum absolute atomic E-state index is 5.98. The summed E-state index contributed by atoms with van der Waals surface area (Å²) in [4.78, 5) is 4.41. The number of hydrogen-bond donors (Lipinski definition) is 2. The molecule has 0 aromatic heterocycles. The van der Waals surface area contributed by atoms with Crippen molar-refractivity contribution >= 4 is 11.6 Å². The van der Waals surface area contributed by atoms with Gasteiger partial charge in [-0.3, -0.25) is 0 Å². The molecule has 1 aliphatic carbocycles. The lowest BCUT2D eigenvalue weighted by atomic mass is 10.2. The molecule has 0 heterocycles. The van der Waals surface area contributed by atoms with Gasteiger partial charge in [-0.1, -0.05) is 24.3 Å². The maximum atomic E-state index is 5.98. The molecule has 0 saturated heterocycles. The van der Waals surface area contributed by atoms with Gasteiger partial charge in [-0.25, -0.2) is 4.99 Å². The summed E-state index contributed by atoms with van der Waals surface area (Å²) >= 11 is 0. The highest BCUT2D eigenvalue weighted by atomic mass is 16.5. The molecule has 3 rings (SSSR count). The molecular weight excluding hydrogens is 302 g/mol. The van der Waals surface area contributed by atoms with Crippen LogP contribution in [0.25, 0.3) is 0 Å². The van der Waals surface area contributed by atoms with Crippen LogP contribution in [0.1, 0.15) is 18.4 Å². The molecular formula is C19H23N3O2. The van der Waals surface area contributed by atoms with Crippen molar-refractivity contribution < 1.29 is 9.47 Å². The van der Waals surface area contributed by atoms with Gasteiger partial charge in [0.1, 0.15) is 11.5 Å². The smallest absolute Gasteiger partial charge is 0.193 e. The van der Waals surface area contributed by atoms with Crippen molar-refractivity contribution in [2.24, 2.45) is 16.6 Å². The first kappa shape index (κ1) is 16.2. The van der Waals surface area contributed by atoms with E-state index in [1.165, 1.54) is 12.8 Å². The summed E-state index contributed by atoms with van der Waals surface area (Å²) in [5.41, 5.74) is 7.86. The molecule has 2 aromatic carbocycles. The number of para-hydroxylation sites is 1. The third kappa shape index (κ3) is 4.65. The van der Waals surface area contributed by atoms with Crippen molar-refractivity contribution in [3.05, 3.63) is 54.1 Å². The second-order valence-electron chi connectivity index (χ2n) is 5.92. The molecule has 0 aliphatic heterocycles. The van der Waals surface area contributed by atoms with Gasteiger partial charge in [-0.2, -0.15) is 0 Å². The number of ether oxygens (including phenoxy) is 2. The highest BCUT2D eigenvalue weighted by Crippen LogP contribution is 2.30. The van der Waals surface area contributed by atoms with Crippen LogP contribution >= 0.6 is 0 Å². The van der Waals surface area contributed by atoms with Crippen molar-refractivity contribution in [3.8, 4) is 11.5 Å². The van der Waals surface area contributed by atoms with E-state index in [0.717, 1.165) is 35.3 Å². The average molecular weight is 325 g/mol. The van der Waals surface area contributed by atoms with Crippen LogP contribution in [0.15, 0.2) is 53.5 Å². The normalized spacial score (nSPS) is 14.3. The molecule has 5 nitrogen and oxygen atoms in total. The van der Waals surface area contributed by atoms with Crippen molar-refractivity contribution in [2.45, 2.75) is 19.4 Å². The van der Waals surface area contributed by atoms with Gasteiger partial charge < -0.3 is 20.5 Å². The van der Waals surface area contributed by atoms with Crippen LogP contribution in [0.5, 0.6) is 11.5 Å². The minimum Gasteiger partial charge on any atom is -0.497 e. The predicted molar refractivity (Wildman–Crippen MR) is 96.6 cm³/mol. The van der Waals surface area contributed by atoms with Gasteiger partial charge in [0.2, 0.25) is 0 Å². The number of nitrogens with zero attached hydrogens (tertiary/aromatic N) is 1. The van der Waals surface area contributed by atoms with E-state index in [2.05, 4.69) is 10.3 Å². The van der Waals surface area contributed by atoms with Crippen LogP contribution in [-0.4, -0.2) is 19.7 Å². The summed E-state index contributed by atoms with van der Waals surface area (Å²) < 4.78 is 11.1. The van der Waals surface area contributed by atoms with E-state index in [1.807, 2.05) is 48.5 Å². The Morgan fingerprint density at radius 2 is 2.04 bits per heavy atom. The predicted octanol–water partition coefficient (Wildman–Crippen LogP) is 3.41. The van der Waals surface area contributed by atoms with E-state index >= 15 is 0 Å². The second-order valence-corrected chi connectivity index (χ2v) is 5.92. The third-order valence-electron chi connectivity index (χ3n) is 3.91. The van der Waals surface area contributed by atoms with E-state index in [4.69, 9.17) is 15.2 Å². The zero-order valence-corrected chi connectivity index (χ0v) is 13.9. The van der Waals surface area contributed by atoms with Crippen molar-refractivity contribution in [3.63, 3.8) is 0 Å². The number of aliphatic imine (C=N–C) groups is 1. The zero-order valence-electron chi connectivity index (χ0n) is 13.9. The van der Waals surface area contributed by atoms with E-state index in [-0.39, 0.29) is 0 Å². The van der Waals surface area contributed by atoms with Crippen molar-refractivity contribution in [1.29, 1.82) is 0 Å². The lowest BCUT2D eigenvalue weighted by molar-refractivity contribution is 0.297. The molecule has 5 heteroatoms. The van der Waals surface area contributed by atoms with Crippen LogP contribution in [0.2, 0.25) is 0 Å². The maximum Gasteiger partial charge on any atom is 0.193 e. The summed E-state index contributed by atoms with van der Waals surface area (Å²) in [5, 5.41) is 3.07. The summed E-state index contributed by atoms with van der Waals surface area (Å²) in [7, 11) is 1.63. The van der Waals surface area contributed by atoms with Crippen molar-refractivity contribution in [2.75, 3.05) is 19.0 Å². The minimum atomic E-state index is 0.361. The van der Waals surface area contributed by atoms with Gasteiger partial charge in [0.05, 0.1) is 20.3 Å². The quantitative estimate of drug-likeness (QED) is 0.604. The van der Waals surface area contributed by atoms with Gasteiger partial charge in [0.15, 0.2) is 5.96 Å². The number of rotatable bonds is 7. The number of anilines is 1. The van der Waals surface area contributed by atoms with E-state index < -0.39 is 0 Å². The van der Waals surface area contributed by atoms with Crippen LogP contribution < -0.4 is 20.5 Å². The highest BCUT2D eigenvalue weighted by Gasteiger charge is 2.22. The minimum absolute atomic E-state index is 0.361. The molecule has 1 fully saturated rings. The number of benzene rings is 2. The molecule has 126 valence electrons. The van der Waals surface area contributed by atoms with Gasteiger partial charge in [-0.05, 0) is 37.0 Å². The summed E-state index contributed by atoms with van der Waals surface area (Å²) in [6, 6.07) is 15.5. The highest BCUT2D eigenvalue weighted by molar-refractivity contribution is 5.92. The molecule has 24 heavy (non-hydrogen) atoms. The Hall–Kier alpha value is -2.69. The average Bonchev–Trinajstić information content (AvgIpc) is 3.43. The standard InChI is InChI=1S/C19H23N3O2/c1-23-17-7-4-6-16(11-17)22-19(20)21-12-15-5-2-3-8-18(15)24-13-14-9-10-14/h2-8,11,14H,9-10,12-13H2,1H3,(H3,20,21,22). The molecule has 0 bridgehead atoms. The third-order valence-corrected chi connectivity index (χ3v) is 3.91. The van der Waals surface area contributed by atoms with Crippen LogP contribution in [-0.2, 0) is 6.54 Å². The largest absolute Gasteiger partial charge is 0.497 e. The van der Waals surface area contributed by atoms with Gasteiger partial charge in [-0.15, -0.1) is 0 Å². The van der Waals surface area contributed by atoms with E-state index in [0.29, 0.717) is 12.5 Å².